The molecule has 0 aliphatic carbocycles. The molecule has 206 valence electrons. The van der Waals surface area contributed by atoms with E-state index in [9.17, 15) is 20.0 Å². The van der Waals surface area contributed by atoms with Gasteiger partial charge in [0.2, 0.25) is 0 Å². The quantitative estimate of drug-likeness (QED) is 0.174. The number of nitro groups is 1. The molecule has 2 fully saturated rings. The van der Waals surface area contributed by atoms with Gasteiger partial charge in [-0.3, -0.25) is 10.1 Å². The maximum absolute atomic E-state index is 12.4. The lowest BCUT2D eigenvalue weighted by atomic mass is 9.81. The highest BCUT2D eigenvalue weighted by atomic mass is 35.5. The van der Waals surface area contributed by atoms with Crippen molar-refractivity contribution < 1.29 is 29.0 Å². The smallest absolute Gasteiger partial charge is 0.335 e. The summed E-state index contributed by atoms with van der Waals surface area (Å²) in [6, 6.07) is 12.3. The Morgan fingerprint density at radius 2 is 1.90 bits per heavy atom. The van der Waals surface area contributed by atoms with Crippen molar-refractivity contribution in [3.8, 4) is 0 Å². The van der Waals surface area contributed by atoms with Gasteiger partial charge in [0.05, 0.1) is 15.9 Å². The van der Waals surface area contributed by atoms with E-state index in [-0.39, 0.29) is 22.0 Å². The average molecular weight is 585 g/mol. The number of aromatic carboxylic acids is 1. The number of nitrogens with zero attached hydrogens (tertiary/aromatic N) is 4. The summed E-state index contributed by atoms with van der Waals surface area (Å²) in [6.07, 6.45) is 0.170. The number of ether oxygens (including phenoxy) is 3. The van der Waals surface area contributed by atoms with Crippen LogP contribution in [0.5, 0.6) is 0 Å². The monoisotopic (exact) mass is 584 g/mol. The molecule has 0 radical (unpaired) electrons. The van der Waals surface area contributed by atoms with Crippen molar-refractivity contribution in [2.75, 3.05) is 0 Å². The molecule has 2 aliphatic heterocycles. The van der Waals surface area contributed by atoms with Gasteiger partial charge < -0.3 is 23.9 Å². The van der Waals surface area contributed by atoms with Crippen LogP contribution in [0.25, 0.3) is 11.0 Å². The standard InChI is InChI=1S/C27H22Cl2N4O7/c1-27(2)39-21-20(38-25(22(21)40-27)32-9-8-17-23(29)30-12-31-24(17)32)19(13-4-3-5-14(28)10-13)18-11-15(33(36)37)6-7-16(18)26(34)35/h3-12,19-22,25H,1-2H3,(H,34,35)/t19?,20-,21-,22-,25-/m1/s1. The van der Waals surface area contributed by atoms with Crippen LogP contribution in [0.4, 0.5) is 5.69 Å². The zero-order valence-electron chi connectivity index (χ0n) is 21.1. The molecule has 4 aromatic rings. The number of carboxylic acids is 1. The fraction of sp³-hybridized carbons (Fsp3) is 0.296. The Kier molecular flexibility index (Phi) is 6.51. The van der Waals surface area contributed by atoms with Gasteiger partial charge in [-0.15, -0.1) is 0 Å². The van der Waals surface area contributed by atoms with E-state index in [0.29, 0.717) is 21.6 Å². The SMILES string of the molecule is CC1(C)O[C@@H]2[C@H](O1)[C@@H](C(c1cccc(Cl)c1)c1cc([N+](=O)[O-])ccc1C(=O)O)O[C@H]2n1ccc2c(Cl)ncnc21. The van der Waals surface area contributed by atoms with Gasteiger partial charge in [0.1, 0.15) is 35.4 Å². The average Bonchev–Trinajstić information content (AvgIpc) is 3.56. The number of non-ortho nitro benzene ring substituents is 1. The lowest BCUT2D eigenvalue weighted by molar-refractivity contribution is -0.384. The molecule has 2 aromatic heterocycles. The van der Waals surface area contributed by atoms with E-state index >= 15 is 0 Å². The lowest BCUT2D eigenvalue weighted by Gasteiger charge is -2.30. The van der Waals surface area contributed by atoms with Crippen molar-refractivity contribution in [1.29, 1.82) is 0 Å². The minimum Gasteiger partial charge on any atom is -0.478 e. The third kappa shape index (κ3) is 4.49. The number of carbonyl (C=O) groups is 1. The van der Waals surface area contributed by atoms with Crippen LogP contribution in [-0.4, -0.2) is 54.6 Å². The largest absolute Gasteiger partial charge is 0.478 e. The second-order valence-corrected chi connectivity index (χ2v) is 10.8. The molecule has 2 aromatic carbocycles. The molecule has 11 nitrogen and oxygen atoms in total. The predicted molar refractivity (Wildman–Crippen MR) is 144 cm³/mol. The van der Waals surface area contributed by atoms with Crippen LogP contribution in [0.3, 0.4) is 0 Å². The lowest BCUT2D eigenvalue weighted by Crippen LogP contribution is -2.35. The number of benzene rings is 2. The van der Waals surface area contributed by atoms with E-state index in [4.69, 9.17) is 37.4 Å². The molecule has 4 heterocycles. The van der Waals surface area contributed by atoms with Gasteiger partial charge in [-0.2, -0.15) is 0 Å². The van der Waals surface area contributed by atoms with Crippen LogP contribution in [0.2, 0.25) is 10.2 Å². The van der Waals surface area contributed by atoms with Gasteiger partial charge in [-0.25, -0.2) is 14.8 Å². The number of halogens is 2. The first-order valence-electron chi connectivity index (χ1n) is 12.3. The molecule has 2 saturated heterocycles. The minimum atomic E-state index is -1.24. The van der Waals surface area contributed by atoms with Gasteiger partial charge in [0.25, 0.3) is 5.69 Å². The maximum atomic E-state index is 12.4. The van der Waals surface area contributed by atoms with Crippen molar-refractivity contribution in [3.63, 3.8) is 0 Å². The molecule has 6 rings (SSSR count). The third-order valence-corrected chi connectivity index (χ3v) is 7.68. The zero-order chi connectivity index (χ0) is 28.3. The first-order chi connectivity index (χ1) is 19.0. The van der Waals surface area contributed by atoms with Crippen molar-refractivity contribution in [2.45, 2.75) is 50.1 Å². The van der Waals surface area contributed by atoms with Crippen molar-refractivity contribution in [2.24, 2.45) is 0 Å². The summed E-state index contributed by atoms with van der Waals surface area (Å²) in [6.45, 7) is 3.55. The summed E-state index contributed by atoms with van der Waals surface area (Å²) in [7, 11) is 0. The van der Waals surface area contributed by atoms with E-state index in [1.54, 1.807) is 54.9 Å². The molecule has 2 aliphatic rings. The summed E-state index contributed by atoms with van der Waals surface area (Å²) >= 11 is 12.7. The molecular weight excluding hydrogens is 563 g/mol. The van der Waals surface area contributed by atoms with Crippen LogP contribution in [-0.2, 0) is 14.2 Å². The summed E-state index contributed by atoms with van der Waals surface area (Å²) < 4.78 is 21.1. The highest BCUT2D eigenvalue weighted by Gasteiger charge is 2.58. The highest BCUT2D eigenvalue weighted by Crippen LogP contribution is 2.50. The van der Waals surface area contributed by atoms with Gasteiger partial charge in [-0.05, 0) is 49.2 Å². The van der Waals surface area contributed by atoms with Crippen LogP contribution < -0.4 is 0 Å². The Balaban J connectivity index is 1.55. The van der Waals surface area contributed by atoms with E-state index in [1.807, 2.05) is 0 Å². The Morgan fingerprint density at radius 1 is 1.12 bits per heavy atom. The molecule has 40 heavy (non-hydrogen) atoms. The second kappa shape index (κ2) is 9.79. The zero-order valence-corrected chi connectivity index (χ0v) is 22.6. The number of fused-ring (bicyclic) bond motifs is 2. The van der Waals surface area contributed by atoms with Crippen molar-refractivity contribution in [1.82, 2.24) is 14.5 Å². The molecule has 0 saturated carbocycles. The third-order valence-electron chi connectivity index (χ3n) is 7.15. The Bertz CT molecular complexity index is 1660. The fourth-order valence-electron chi connectivity index (χ4n) is 5.61. The first kappa shape index (κ1) is 26.6. The van der Waals surface area contributed by atoms with Gasteiger partial charge >= 0.3 is 5.97 Å². The summed E-state index contributed by atoms with van der Waals surface area (Å²) in [5, 5.41) is 23.1. The molecule has 0 amide bonds. The van der Waals surface area contributed by atoms with Crippen LogP contribution in [0.15, 0.2) is 61.1 Å². The number of nitro benzene ring substituents is 1. The molecule has 0 spiro atoms. The highest BCUT2D eigenvalue weighted by molar-refractivity contribution is 6.33. The first-order valence-corrected chi connectivity index (χ1v) is 13.0. The number of carboxylic acid groups (broad SMARTS) is 1. The minimum absolute atomic E-state index is 0.108. The van der Waals surface area contributed by atoms with E-state index in [0.717, 1.165) is 6.07 Å². The Morgan fingerprint density at radius 3 is 2.62 bits per heavy atom. The Labute approximate surface area is 237 Å². The van der Waals surface area contributed by atoms with E-state index in [2.05, 4.69) is 9.97 Å². The maximum Gasteiger partial charge on any atom is 0.335 e. The van der Waals surface area contributed by atoms with Gasteiger partial charge in [-0.1, -0.05) is 35.3 Å². The normalized spacial score (nSPS) is 24.2. The number of aromatic nitrogens is 3. The molecule has 0 bridgehead atoms. The van der Waals surface area contributed by atoms with Gasteiger partial charge in [0.15, 0.2) is 12.0 Å². The topological polar surface area (TPSA) is 139 Å². The second-order valence-electron chi connectivity index (χ2n) is 10.0. The molecular formula is C27H22Cl2N4O7. The Hall–Kier alpha value is -3.61. The number of rotatable bonds is 6. The van der Waals surface area contributed by atoms with Crippen LogP contribution >= 0.6 is 23.2 Å². The number of hydrogen-bond donors (Lipinski definition) is 1. The van der Waals surface area contributed by atoms with Crippen molar-refractivity contribution >= 4 is 45.9 Å². The summed E-state index contributed by atoms with van der Waals surface area (Å²) in [5.41, 5.74) is 0.923. The molecule has 5 atom stereocenters. The van der Waals surface area contributed by atoms with E-state index in [1.165, 1.54) is 18.5 Å². The molecule has 1 unspecified atom stereocenters. The summed E-state index contributed by atoms with van der Waals surface area (Å²) in [4.78, 5) is 31.9. The van der Waals surface area contributed by atoms with Crippen molar-refractivity contribution in [3.05, 3.63) is 98.0 Å². The summed E-state index contributed by atoms with van der Waals surface area (Å²) in [5.74, 6) is -3.07. The van der Waals surface area contributed by atoms with Crippen LogP contribution in [0.1, 0.15) is 47.5 Å². The van der Waals surface area contributed by atoms with Gasteiger partial charge in [0, 0.05) is 29.3 Å². The molecule has 1 N–H and O–H groups in total. The van der Waals surface area contributed by atoms with E-state index < -0.39 is 47.1 Å². The fourth-order valence-corrected chi connectivity index (χ4v) is 6.00. The number of hydrogen-bond acceptors (Lipinski definition) is 8. The van der Waals surface area contributed by atoms with Crippen LogP contribution in [0, 0.1) is 10.1 Å². The predicted octanol–water partition coefficient (Wildman–Crippen LogP) is 5.59. The molecule has 13 heteroatoms.